The summed E-state index contributed by atoms with van der Waals surface area (Å²) in [5.74, 6) is 0.0187. The van der Waals surface area contributed by atoms with E-state index in [1.165, 1.54) is 6.26 Å². The van der Waals surface area contributed by atoms with Gasteiger partial charge in [-0.2, -0.15) is 10.2 Å². The Bertz CT molecular complexity index is 971. The van der Waals surface area contributed by atoms with Crippen LogP contribution in [0, 0.1) is 11.3 Å². The summed E-state index contributed by atoms with van der Waals surface area (Å²) in [4.78, 5) is 27.7. The lowest BCUT2D eigenvalue weighted by atomic mass is 10.1. The molecule has 1 amide bonds. The Labute approximate surface area is 159 Å². The van der Waals surface area contributed by atoms with Crippen molar-refractivity contribution < 1.29 is 23.3 Å². The lowest BCUT2D eigenvalue weighted by Crippen LogP contribution is -2.21. The molecule has 0 unspecified atom stereocenters. The lowest BCUT2D eigenvalue weighted by Gasteiger charge is -2.06. The first kappa shape index (κ1) is 18.8. The second-order valence-corrected chi connectivity index (χ2v) is 5.73. The Kier molecular flexibility index (Phi) is 6.15. The Morgan fingerprint density at radius 1 is 1.21 bits per heavy atom. The average molecular weight is 380 g/mol. The first-order valence-corrected chi connectivity index (χ1v) is 8.42. The molecule has 0 spiro atoms. The predicted molar refractivity (Wildman–Crippen MR) is 95.7 cm³/mol. The maximum Gasteiger partial charge on any atom is 0.306 e. The van der Waals surface area contributed by atoms with Crippen LogP contribution in [0.25, 0.3) is 11.6 Å². The summed E-state index contributed by atoms with van der Waals surface area (Å²) in [7, 11) is 0. The molecular weight excluding hydrogens is 364 g/mol. The van der Waals surface area contributed by atoms with Crippen molar-refractivity contribution in [2.75, 3.05) is 11.9 Å². The molecule has 28 heavy (non-hydrogen) atoms. The van der Waals surface area contributed by atoms with Gasteiger partial charge < -0.3 is 19.0 Å². The molecule has 0 aliphatic rings. The summed E-state index contributed by atoms with van der Waals surface area (Å²) in [6, 6.07) is 12.3. The number of ether oxygens (including phenoxy) is 1. The number of benzene rings is 1. The number of carbonyl (C=O) groups excluding carboxylic acids is 2. The summed E-state index contributed by atoms with van der Waals surface area (Å²) < 4.78 is 15.1. The topological polar surface area (TPSA) is 131 Å². The van der Waals surface area contributed by atoms with Gasteiger partial charge in [0.2, 0.25) is 11.7 Å². The maximum atomic E-state index is 11.8. The number of aryl methyl sites for hydroxylation is 1. The minimum Gasteiger partial charge on any atom is -0.461 e. The largest absolute Gasteiger partial charge is 0.461 e. The van der Waals surface area contributed by atoms with Gasteiger partial charge in [-0.05, 0) is 29.8 Å². The number of amides is 1. The van der Waals surface area contributed by atoms with Gasteiger partial charge in [-0.1, -0.05) is 17.3 Å². The molecule has 9 heteroatoms. The molecule has 0 saturated carbocycles. The number of carbonyl (C=O) groups is 2. The van der Waals surface area contributed by atoms with E-state index in [9.17, 15) is 9.59 Å². The molecule has 0 aliphatic carbocycles. The van der Waals surface area contributed by atoms with Crippen molar-refractivity contribution in [2.24, 2.45) is 0 Å². The van der Waals surface area contributed by atoms with Crippen LogP contribution < -0.4 is 5.32 Å². The third kappa shape index (κ3) is 5.28. The van der Waals surface area contributed by atoms with Gasteiger partial charge in [-0.25, -0.2) is 0 Å². The van der Waals surface area contributed by atoms with E-state index < -0.39 is 18.5 Å². The SMILES string of the molecule is N#CCc1ccc(NC(=O)COC(=O)CCc2nc(-c3ccco3)no2)cc1. The van der Waals surface area contributed by atoms with Gasteiger partial charge in [0.15, 0.2) is 12.4 Å². The van der Waals surface area contributed by atoms with Crippen LogP contribution in [0.4, 0.5) is 5.69 Å². The second-order valence-electron chi connectivity index (χ2n) is 5.73. The Morgan fingerprint density at radius 3 is 2.75 bits per heavy atom. The summed E-state index contributed by atoms with van der Waals surface area (Å²) in [5.41, 5.74) is 1.40. The zero-order valence-corrected chi connectivity index (χ0v) is 14.8. The highest BCUT2D eigenvalue weighted by atomic mass is 16.5. The molecule has 3 rings (SSSR count). The van der Waals surface area contributed by atoms with E-state index >= 15 is 0 Å². The molecule has 9 nitrogen and oxygen atoms in total. The van der Waals surface area contributed by atoms with E-state index in [1.807, 2.05) is 6.07 Å². The average Bonchev–Trinajstić information content (AvgIpc) is 3.38. The van der Waals surface area contributed by atoms with Crippen molar-refractivity contribution in [1.29, 1.82) is 5.26 Å². The standard InChI is InChI=1S/C19H16N4O5/c20-10-9-13-3-5-14(6-4-13)21-16(24)12-27-18(25)8-7-17-22-19(23-28-17)15-2-1-11-26-15/h1-6,11H,7-9,12H2,(H,21,24). The van der Waals surface area contributed by atoms with Crippen LogP contribution in [0.3, 0.4) is 0 Å². The van der Waals surface area contributed by atoms with Gasteiger partial charge >= 0.3 is 5.97 Å². The maximum absolute atomic E-state index is 11.8. The quantitative estimate of drug-likeness (QED) is 0.590. The molecule has 0 aliphatic heterocycles. The second kappa shape index (κ2) is 9.14. The van der Waals surface area contributed by atoms with Crippen molar-refractivity contribution in [3.8, 4) is 17.7 Å². The van der Waals surface area contributed by atoms with Crippen LogP contribution >= 0.6 is 0 Å². The molecule has 0 fully saturated rings. The van der Waals surface area contributed by atoms with E-state index in [4.69, 9.17) is 18.9 Å². The third-order valence-corrected chi connectivity index (χ3v) is 3.64. The van der Waals surface area contributed by atoms with E-state index in [0.29, 0.717) is 23.7 Å². The molecule has 2 heterocycles. The van der Waals surface area contributed by atoms with E-state index in [2.05, 4.69) is 15.5 Å². The van der Waals surface area contributed by atoms with Crippen molar-refractivity contribution in [3.63, 3.8) is 0 Å². The number of furan rings is 1. The highest BCUT2D eigenvalue weighted by molar-refractivity contribution is 5.92. The molecule has 3 aromatic rings. The zero-order chi connectivity index (χ0) is 19.8. The van der Waals surface area contributed by atoms with E-state index in [1.54, 1.807) is 36.4 Å². The number of rotatable bonds is 8. The molecule has 142 valence electrons. The van der Waals surface area contributed by atoms with Gasteiger partial charge in [0.25, 0.3) is 5.91 Å². The molecule has 0 bridgehead atoms. The van der Waals surface area contributed by atoms with Crippen LogP contribution in [-0.2, 0) is 27.2 Å². The Balaban J connectivity index is 1.39. The molecule has 1 N–H and O–H groups in total. The summed E-state index contributed by atoms with van der Waals surface area (Å²) in [6.07, 6.45) is 1.98. The molecule has 0 radical (unpaired) electrons. The number of aromatic nitrogens is 2. The van der Waals surface area contributed by atoms with Gasteiger partial charge in [-0.3, -0.25) is 9.59 Å². The first-order valence-electron chi connectivity index (χ1n) is 8.42. The fourth-order valence-electron chi connectivity index (χ4n) is 2.28. The molecular formula is C19H16N4O5. The zero-order valence-electron chi connectivity index (χ0n) is 14.8. The van der Waals surface area contributed by atoms with Crippen LogP contribution in [0.15, 0.2) is 51.6 Å². The predicted octanol–water partition coefficient (Wildman–Crippen LogP) is 2.51. The molecule has 1 aromatic carbocycles. The Hall–Kier alpha value is -3.93. The number of nitrogens with zero attached hydrogens (tertiary/aromatic N) is 3. The van der Waals surface area contributed by atoms with Gasteiger partial charge in [0.05, 0.1) is 25.2 Å². The smallest absolute Gasteiger partial charge is 0.306 e. The summed E-state index contributed by atoms with van der Waals surface area (Å²) in [5, 5.41) is 15.0. The van der Waals surface area contributed by atoms with Gasteiger partial charge in [-0.15, -0.1) is 0 Å². The molecule has 0 saturated heterocycles. The third-order valence-electron chi connectivity index (χ3n) is 3.64. The number of hydrogen-bond acceptors (Lipinski definition) is 8. The van der Waals surface area contributed by atoms with E-state index in [0.717, 1.165) is 5.56 Å². The van der Waals surface area contributed by atoms with Crippen LogP contribution in [0.5, 0.6) is 0 Å². The van der Waals surface area contributed by atoms with Crippen LogP contribution in [0.2, 0.25) is 0 Å². The van der Waals surface area contributed by atoms with Crippen molar-refractivity contribution in [2.45, 2.75) is 19.3 Å². The summed E-state index contributed by atoms with van der Waals surface area (Å²) >= 11 is 0. The van der Waals surface area contributed by atoms with E-state index in [-0.39, 0.29) is 18.7 Å². The number of hydrogen-bond donors (Lipinski definition) is 1. The Morgan fingerprint density at radius 2 is 2.04 bits per heavy atom. The number of anilines is 1. The van der Waals surface area contributed by atoms with Crippen LogP contribution in [-0.4, -0.2) is 28.6 Å². The summed E-state index contributed by atoms with van der Waals surface area (Å²) in [6.45, 7) is -0.403. The van der Waals surface area contributed by atoms with Crippen molar-refractivity contribution in [3.05, 3.63) is 54.1 Å². The first-order chi connectivity index (χ1) is 13.6. The number of esters is 1. The highest BCUT2D eigenvalue weighted by Crippen LogP contribution is 2.16. The number of nitrogens with one attached hydrogen (secondary N) is 1. The fraction of sp³-hybridized carbons (Fsp3) is 0.211. The van der Waals surface area contributed by atoms with Gasteiger partial charge in [0, 0.05) is 12.1 Å². The fourth-order valence-corrected chi connectivity index (χ4v) is 2.28. The van der Waals surface area contributed by atoms with Crippen molar-refractivity contribution >= 4 is 17.6 Å². The monoisotopic (exact) mass is 380 g/mol. The molecule has 2 aromatic heterocycles. The minimum atomic E-state index is -0.558. The lowest BCUT2D eigenvalue weighted by molar-refractivity contribution is -0.147. The minimum absolute atomic E-state index is 0.00404. The van der Waals surface area contributed by atoms with Crippen LogP contribution in [0.1, 0.15) is 17.9 Å². The van der Waals surface area contributed by atoms with Crippen molar-refractivity contribution in [1.82, 2.24) is 10.1 Å². The van der Waals surface area contributed by atoms with Gasteiger partial charge in [0.1, 0.15) is 0 Å². The number of nitriles is 1. The highest BCUT2D eigenvalue weighted by Gasteiger charge is 2.14. The molecule has 0 atom stereocenters. The normalized spacial score (nSPS) is 10.2.